The minimum absolute atomic E-state index is 0.138. The quantitative estimate of drug-likeness (QED) is 0.833. The van der Waals surface area contributed by atoms with Crippen molar-refractivity contribution in [1.29, 1.82) is 0 Å². The summed E-state index contributed by atoms with van der Waals surface area (Å²) in [6.07, 6.45) is 3.18. The van der Waals surface area contributed by atoms with Crippen LogP contribution in [0.25, 0.3) is 0 Å². The minimum atomic E-state index is -3.06. The summed E-state index contributed by atoms with van der Waals surface area (Å²) < 4.78 is 31.6. The molecule has 1 aromatic rings. The zero-order valence-electron chi connectivity index (χ0n) is 12.1. The van der Waals surface area contributed by atoms with Crippen LogP contribution in [0, 0.1) is 5.92 Å². The third-order valence-electron chi connectivity index (χ3n) is 4.23. The third-order valence-corrected chi connectivity index (χ3v) is 7.05. The van der Waals surface area contributed by atoms with Crippen molar-refractivity contribution in [2.24, 2.45) is 5.92 Å². The Labute approximate surface area is 138 Å². The van der Waals surface area contributed by atoms with Crippen molar-refractivity contribution in [2.45, 2.75) is 30.9 Å². The molecular formula is C14H19BrN2O4S. The highest BCUT2D eigenvalue weighted by Crippen LogP contribution is 2.33. The summed E-state index contributed by atoms with van der Waals surface area (Å²) in [6.45, 7) is 1.67. The van der Waals surface area contributed by atoms with E-state index in [4.69, 9.17) is 4.42 Å². The largest absolute Gasteiger partial charge is 0.444 e. The van der Waals surface area contributed by atoms with Gasteiger partial charge >= 0.3 is 0 Å². The highest BCUT2D eigenvalue weighted by atomic mass is 79.9. The fraction of sp³-hybridized carbons (Fsp3) is 0.643. The van der Waals surface area contributed by atoms with Crippen LogP contribution in [-0.2, 0) is 10.0 Å². The number of sulfonamides is 1. The lowest BCUT2D eigenvalue weighted by Crippen LogP contribution is -2.42. The number of furan rings is 1. The Kier molecular flexibility index (Phi) is 4.61. The molecule has 0 spiro atoms. The van der Waals surface area contributed by atoms with E-state index in [2.05, 4.69) is 21.2 Å². The van der Waals surface area contributed by atoms with Crippen LogP contribution < -0.4 is 5.32 Å². The van der Waals surface area contributed by atoms with E-state index < -0.39 is 10.0 Å². The zero-order chi connectivity index (χ0) is 15.7. The Morgan fingerprint density at radius 1 is 1.27 bits per heavy atom. The molecule has 1 aromatic heterocycles. The van der Waals surface area contributed by atoms with Gasteiger partial charge in [0.15, 0.2) is 10.4 Å². The first kappa shape index (κ1) is 16.0. The van der Waals surface area contributed by atoms with Gasteiger partial charge in [0.05, 0.1) is 5.25 Å². The third kappa shape index (κ3) is 3.55. The molecule has 0 atom stereocenters. The molecule has 0 unspecified atom stereocenters. The molecule has 6 nitrogen and oxygen atoms in total. The lowest BCUT2D eigenvalue weighted by atomic mass is 9.98. The van der Waals surface area contributed by atoms with Gasteiger partial charge in [-0.1, -0.05) is 0 Å². The van der Waals surface area contributed by atoms with Gasteiger partial charge in [-0.3, -0.25) is 4.79 Å². The summed E-state index contributed by atoms with van der Waals surface area (Å²) in [5.74, 6) is 0.354. The predicted molar refractivity (Wildman–Crippen MR) is 85.0 cm³/mol. The summed E-state index contributed by atoms with van der Waals surface area (Å²) in [7, 11) is -3.06. The van der Waals surface area contributed by atoms with E-state index in [-0.39, 0.29) is 16.9 Å². The van der Waals surface area contributed by atoms with Gasteiger partial charge < -0.3 is 9.73 Å². The second kappa shape index (κ2) is 6.33. The number of nitrogens with zero attached hydrogens (tertiary/aromatic N) is 1. The molecular weight excluding hydrogens is 372 g/mol. The van der Waals surface area contributed by atoms with Gasteiger partial charge in [0.1, 0.15) is 0 Å². The number of rotatable bonds is 5. The van der Waals surface area contributed by atoms with Crippen LogP contribution in [0.5, 0.6) is 0 Å². The molecule has 1 aliphatic carbocycles. The Balaban J connectivity index is 1.45. The number of amides is 1. The van der Waals surface area contributed by atoms with Gasteiger partial charge in [0, 0.05) is 19.6 Å². The molecule has 2 heterocycles. The molecule has 0 aromatic carbocycles. The first-order chi connectivity index (χ1) is 10.5. The average Bonchev–Trinajstić information content (AvgIpc) is 3.28. The Morgan fingerprint density at radius 3 is 2.50 bits per heavy atom. The van der Waals surface area contributed by atoms with Crippen molar-refractivity contribution in [3.63, 3.8) is 0 Å². The highest BCUT2D eigenvalue weighted by molar-refractivity contribution is 9.10. The Bertz CT molecular complexity index is 646. The van der Waals surface area contributed by atoms with Gasteiger partial charge in [0.25, 0.3) is 5.91 Å². The maximum atomic E-state index is 12.1. The van der Waals surface area contributed by atoms with Gasteiger partial charge in [0.2, 0.25) is 10.0 Å². The molecule has 0 bridgehead atoms. The average molecular weight is 391 g/mol. The molecule has 1 amide bonds. The number of nitrogens with one attached hydrogen (secondary N) is 1. The Hall–Kier alpha value is -0.860. The van der Waals surface area contributed by atoms with Crippen LogP contribution in [0.15, 0.2) is 21.2 Å². The fourth-order valence-corrected chi connectivity index (χ4v) is 4.88. The number of hydrogen-bond acceptors (Lipinski definition) is 4. The van der Waals surface area contributed by atoms with Crippen molar-refractivity contribution >= 4 is 31.9 Å². The molecule has 1 saturated carbocycles. The first-order valence-electron chi connectivity index (χ1n) is 7.49. The van der Waals surface area contributed by atoms with E-state index in [9.17, 15) is 13.2 Å². The molecule has 1 aliphatic heterocycles. The molecule has 22 heavy (non-hydrogen) atoms. The number of piperidine rings is 1. The summed E-state index contributed by atoms with van der Waals surface area (Å²) in [5, 5.41) is 2.71. The molecule has 1 saturated heterocycles. The summed E-state index contributed by atoms with van der Waals surface area (Å²) >= 11 is 3.16. The van der Waals surface area contributed by atoms with Gasteiger partial charge in [-0.05, 0) is 59.7 Å². The van der Waals surface area contributed by atoms with Crippen molar-refractivity contribution in [3.8, 4) is 0 Å². The van der Waals surface area contributed by atoms with E-state index in [0.717, 1.165) is 25.7 Å². The molecule has 0 radical (unpaired) electrons. The van der Waals surface area contributed by atoms with Crippen LogP contribution >= 0.6 is 15.9 Å². The SMILES string of the molecule is O=C(NCC1CCN(S(=O)(=O)C2CC2)CC1)c1ccc(Br)o1. The molecule has 1 N–H and O–H groups in total. The molecule has 2 fully saturated rings. The molecule has 122 valence electrons. The van der Waals surface area contributed by atoms with E-state index in [1.165, 1.54) is 0 Å². The Morgan fingerprint density at radius 2 is 1.95 bits per heavy atom. The fourth-order valence-electron chi connectivity index (χ4n) is 2.71. The van der Waals surface area contributed by atoms with E-state index in [1.807, 2.05) is 0 Å². The summed E-state index contributed by atoms with van der Waals surface area (Å²) in [4.78, 5) is 11.9. The number of carbonyl (C=O) groups excluding carboxylic acids is 1. The van der Waals surface area contributed by atoms with Crippen LogP contribution in [0.4, 0.5) is 0 Å². The van der Waals surface area contributed by atoms with Crippen LogP contribution in [0.2, 0.25) is 0 Å². The van der Waals surface area contributed by atoms with E-state index in [1.54, 1.807) is 16.4 Å². The molecule has 8 heteroatoms. The lowest BCUT2D eigenvalue weighted by molar-refractivity contribution is 0.0912. The van der Waals surface area contributed by atoms with Crippen LogP contribution in [0.3, 0.4) is 0 Å². The van der Waals surface area contributed by atoms with Gasteiger partial charge in [-0.15, -0.1) is 0 Å². The minimum Gasteiger partial charge on any atom is -0.444 e. The van der Waals surface area contributed by atoms with E-state index in [0.29, 0.717) is 30.2 Å². The van der Waals surface area contributed by atoms with Crippen molar-refractivity contribution < 1.29 is 17.6 Å². The standard InChI is InChI=1S/C14H19BrN2O4S/c15-13-4-3-12(21-13)14(18)16-9-10-5-7-17(8-6-10)22(19,20)11-1-2-11/h3-4,10-11H,1-2,5-9H2,(H,16,18). The molecule has 3 rings (SSSR count). The first-order valence-corrected chi connectivity index (χ1v) is 9.79. The summed E-state index contributed by atoms with van der Waals surface area (Å²) in [5.41, 5.74) is 0. The molecule has 2 aliphatic rings. The number of halogens is 1. The van der Waals surface area contributed by atoms with Crippen LogP contribution in [0.1, 0.15) is 36.2 Å². The smallest absolute Gasteiger partial charge is 0.287 e. The second-order valence-electron chi connectivity index (χ2n) is 5.90. The van der Waals surface area contributed by atoms with Crippen molar-refractivity contribution in [1.82, 2.24) is 9.62 Å². The van der Waals surface area contributed by atoms with E-state index >= 15 is 0 Å². The number of carbonyl (C=O) groups is 1. The zero-order valence-corrected chi connectivity index (χ0v) is 14.5. The highest BCUT2D eigenvalue weighted by Gasteiger charge is 2.41. The van der Waals surface area contributed by atoms with Gasteiger partial charge in [-0.2, -0.15) is 0 Å². The summed E-state index contributed by atoms with van der Waals surface area (Å²) in [6, 6.07) is 3.29. The van der Waals surface area contributed by atoms with Crippen LogP contribution in [-0.4, -0.2) is 43.5 Å². The van der Waals surface area contributed by atoms with Crippen molar-refractivity contribution in [3.05, 3.63) is 22.6 Å². The number of hydrogen-bond donors (Lipinski definition) is 1. The lowest BCUT2D eigenvalue weighted by Gasteiger charge is -2.31. The normalized spacial score (nSPS) is 21.0. The monoisotopic (exact) mass is 390 g/mol. The maximum absolute atomic E-state index is 12.1. The predicted octanol–water partition coefficient (Wildman–Crippen LogP) is 1.98. The van der Waals surface area contributed by atoms with Gasteiger partial charge in [-0.25, -0.2) is 12.7 Å². The second-order valence-corrected chi connectivity index (χ2v) is 8.90. The van der Waals surface area contributed by atoms with Crippen molar-refractivity contribution in [2.75, 3.05) is 19.6 Å². The maximum Gasteiger partial charge on any atom is 0.287 e. The topological polar surface area (TPSA) is 79.6 Å².